The van der Waals surface area contributed by atoms with E-state index in [0.717, 1.165) is 12.0 Å². The molecule has 0 heterocycles. The molecule has 6 nitrogen and oxygen atoms in total. The summed E-state index contributed by atoms with van der Waals surface area (Å²) in [5.74, 6) is -0.167. The SMILES string of the molecule is CCC(C)NC(=O)c1ccc(OC)c(S(=O)(=O)NCc2ccc(Cl)cc2)c1. The van der Waals surface area contributed by atoms with Crippen LogP contribution in [0, 0.1) is 0 Å². The van der Waals surface area contributed by atoms with Crippen molar-refractivity contribution in [1.82, 2.24) is 10.0 Å². The molecule has 0 radical (unpaired) electrons. The molecule has 0 saturated carbocycles. The first-order chi connectivity index (χ1) is 12.8. The Morgan fingerprint density at radius 1 is 1.19 bits per heavy atom. The first kappa shape index (κ1) is 21.2. The van der Waals surface area contributed by atoms with Crippen molar-refractivity contribution in [3.63, 3.8) is 0 Å². The molecular weight excluding hydrogens is 388 g/mol. The lowest BCUT2D eigenvalue weighted by atomic mass is 10.2. The number of sulfonamides is 1. The number of carbonyl (C=O) groups is 1. The van der Waals surface area contributed by atoms with E-state index in [9.17, 15) is 13.2 Å². The van der Waals surface area contributed by atoms with Crippen LogP contribution in [-0.2, 0) is 16.6 Å². The molecule has 0 fully saturated rings. The smallest absolute Gasteiger partial charge is 0.251 e. The highest BCUT2D eigenvalue weighted by atomic mass is 35.5. The van der Waals surface area contributed by atoms with Gasteiger partial charge in [0.15, 0.2) is 0 Å². The van der Waals surface area contributed by atoms with Crippen molar-refractivity contribution in [2.45, 2.75) is 37.8 Å². The standard InChI is InChI=1S/C19H23ClN2O4S/c1-4-13(2)22-19(23)15-7-10-17(26-3)18(11-15)27(24,25)21-12-14-5-8-16(20)9-6-14/h5-11,13,21H,4,12H2,1-3H3,(H,22,23). The summed E-state index contributed by atoms with van der Waals surface area (Å²) >= 11 is 5.84. The first-order valence-electron chi connectivity index (χ1n) is 8.49. The lowest BCUT2D eigenvalue weighted by Crippen LogP contribution is -2.32. The minimum Gasteiger partial charge on any atom is -0.495 e. The largest absolute Gasteiger partial charge is 0.495 e. The first-order valence-corrected chi connectivity index (χ1v) is 10.4. The van der Waals surface area contributed by atoms with Gasteiger partial charge in [-0.25, -0.2) is 13.1 Å². The van der Waals surface area contributed by atoms with Crippen LogP contribution in [0.1, 0.15) is 36.2 Å². The van der Waals surface area contributed by atoms with Gasteiger partial charge in [0.2, 0.25) is 10.0 Å². The Morgan fingerprint density at radius 3 is 2.44 bits per heavy atom. The summed E-state index contributed by atoms with van der Waals surface area (Å²) in [6, 6.07) is 11.2. The third kappa shape index (κ3) is 5.69. The average Bonchev–Trinajstić information content (AvgIpc) is 2.66. The van der Waals surface area contributed by atoms with E-state index in [-0.39, 0.29) is 34.7 Å². The van der Waals surface area contributed by atoms with E-state index >= 15 is 0 Å². The molecule has 1 atom stereocenters. The number of halogens is 1. The van der Waals surface area contributed by atoms with E-state index in [1.54, 1.807) is 24.3 Å². The van der Waals surface area contributed by atoms with Gasteiger partial charge in [-0.15, -0.1) is 0 Å². The van der Waals surface area contributed by atoms with Gasteiger partial charge in [0.05, 0.1) is 7.11 Å². The second-order valence-corrected chi connectivity index (χ2v) is 8.27. The van der Waals surface area contributed by atoms with E-state index in [4.69, 9.17) is 16.3 Å². The number of rotatable bonds is 8. The summed E-state index contributed by atoms with van der Waals surface area (Å²) in [6.45, 7) is 3.92. The molecule has 0 bridgehead atoms. The molecule has 0 aliphatic carbocycles. The van der Waals surface area contributed by atoms with Crippen molar-refractivity contribution >= 4 is 27.5 Å². The van der Waals surface area contributed by atoms with Crippen LogP contribution in [0.5, 0.6) is 5.75 Å². The number of nitrogens with one attached hydrogen (secondary N) is 2. The van der Waals surface area contributed by atoms with Gasteiger partial charge >= 0.3 is 0 Å². The molecule has 0 saturated heterocycles. The third-order valence-electron chi connectivity index (χ3n) is 4.08. The van der Waals surface area contributed by atoms with Gasteiger partial charge in [-0.05, 0) is 49.2 Å². The van der Waals surface area contributed by atoms with Crippen molar-refractivity contribution < 1.29 is 17.9 Å². The predicted octanol–water partition coefficient (Wildman–Crippen LogP) is 3.36. The number of methoxy groups -OCH3 is 1. The Morgan fingerprint density at radius 2 is 1.85 bits per heavy atom. The Labute approximate surface area is 164 Å². The number of ether oxygens (including phenoxy) is 1. The number of benzene rings is 2. The van der Waals surface area contributed by atoms with Crippen LogP contribution in [0.3, 0.4) is 0 Å². The molecule has 146 valence electrons. The maximum Gasteiger partial charge on any atom is 0.251 e. The van der Waals surface area contributed by atoms with Gasteiger partial charge in [0.1, 0.15) is 10.6 Å². The fourth-order valence-electron chi connectivity index (χ4n) is 2.30. The van der Waals surface area contributed by atoms with Crippen LogP contribution >= 0.6 is 11.6 Å². The molecule has 0 aliphatic rings. The molecule has 1 amide bonds. The number of hydrogen-bond acceptors (Lipinski definition) is 4. The van der Waals surface area contributed by atoms with Crippen LogP contribution in [0.15, 0.2) is 47.4 Å². The Hall–Kier alpha value is -2.09. The van der Waals surface area contributed by atoms with Crippen molar-refractivity contribution in [3.8, 4) is 5.75 Å². The normalized spacial score (nSPS) is 12.4. The number of hydrogen-bond donors (Lipinski definition) is 2. The second kappa shape index (κ2) is 9.21. The Bertz CT molecular complexity index is 898. The van der Waals surface area contributed by atoms with Gasteiger partial charge in [-0.1, -0.05) is 30.7 Å². The number of carbonyl (C=O) groups excluding carboxylic acids is 1. The topological polar surface area (TPSA) is 84.5 Å². The van der Waals surface area contributed by atoms with Crippen LogP contribution in [0.2, 0.25) is 5.02 Å². The van der Waals surface area contributed by atoms with Crippen molar-refractivity contribution in [2.75, 3.05) is 7.11 Å². The van der Waals surface area contributed by atoms with Crippen molar-refractivity contribution in [1.29, 1.82) is 0 Å². The zero-order valence-electron chi connectivity index (χ0n) is 15.5. The van der Waals surface area contributed by atoms with Crippen LogP contribution in [0.25, 0.3) is 0 Å². The fraction of sp³-hybridized carbons (Fsp3) is 0.316. The summed E-state index contributed by atoms with van der Waals surface area (Å²) in [6.07, 6.45) is 0.774. The number of amides is 1. The molecular formula is C19H23ClN2O4S. The molecule has 1 unspecified atom stereocenters. The predicted molar refractivity (Wildman–Crippen MR) is 106 cm³/mol. The molecule has 0 aromatic heterocycles. The quantitative estimate of drug-likeness (QED) is 0.698. The van der Waals surface area contributed by atoms with Gasteiger partial charge in [0.25, 0.3) is 5.91 Å². The highest BCUT2D eigenvalue weighted by Crippen LogP contribution is 2.25. The van der Waals surface area contributed by atoms with Crippen LogP contribution in [0.4, 0.5) is 0 Å². The van der Waals surface area contributed by atoms with Crippen molar-refractivity contribution in [3.05, 3.63) is 58.6 Å². The zero-order chi connectivity index (χ0) is 20.0. The highest BCUT2D eigenvalue weighted by Gasteiger charge is 2.22. The summed E-state index contributed by atoms with van der Waals surface area (Å²) < 4.78 is 33.2. The Balaban J connectivity index is 2.26. The highest BCUT2D eigenvalue weighted by molar-refractivity contribution is 7.89. The maximum atomic E-state index is 12.8. The second-order valence-electron chi connectivity index (χ2n) is 6.10. The van der Waals surface area contributed by atoms with Gasteiger partial charge in [0, 0.05) is 23.2 Å². The van der Waals surface area contributed by atoms with E-state index in [2.05, 4.69) is 10.0 Å². The fourth-order valence-corrected chi connectivity index (χ4v) is 3.63. The molecule has 2 rings (SSSR count). The van der Waals surface area contributed by atoms with Gasteiger partial charge in [-0.3, -0.25) is 4.79 Å². The zero-order valence-corrected chi connectivity index (χ0v) is 17.0. The van der Waals surface area contributed by atoms with E-state index < -0.39 is 10.0 Å². The lowest BCUT2D eigenvalue weighted by Gasteiger charge is -2.14. The molecule has 2 aromatic carbocycles. The van der Waals surface area contributed by atoms with Crippen molar-refractivity contribution in [2.24, 2.45) is 0 Å². The molecule has 0 aliphatic heterocycles. The van der Waals surface area contributed by atoms with Gasteiger partial charge < -0.3 is 10.1 Å². The van der Waals surface area contributed by atoms with E-state index in [0.29, 0.717) is 5.02 Å². The molecule has 27 heavy (non-hydrogen) atoms. The minimum absolute atomic E-state index is 0.0114. The van der Waals surface area contributed by atoms with Gasteiger partial charge in [-0.2, -0.15) is 0 Å². The lowest BCUT2D eigenvalue weighted by molar-refractivity contribution is 0.0939. The summed E-state index contributed by atoms with van der Waals surface area (Å²) in [4.78, 5) is 12.2. The van der Waals surface area contributed by atoms with E-state index in [1.165, 1.54) is 25.3 Å². The summed E-state index contributed by atoms with van der Waals surface area (Å²) in [5.41, 5.74) is 1.01. The van der Waals surface area contributed by atoms with E-state index in [1.807, 2.05) is 13.8 Å². The molecule has 2 N–H and O–H groups in total. The van der Waals surface area contributed by atoms with Crippen LogP contribution in [-0.4, -0.2) is 27.5 Å². The molecule has 0 spiro atoms. The maximum absolute atomic E-state index is 12.8. The van der Waals surface area contributed by atoms with Crippen LogP contribution < -0.4 is 14.8 Å². The summed E-state index contributed by atoms with van der Waals surface area (Å²) in [5, 5.41) is 3.39. The minimum atomic E-state index is -3.89. The summed E-state index contributed by atoms with van der Waals surface area (Å²) in [7, 11) is -2.51. The molecule has 8 heteroatoms. The monoisotopic (exact) mass is 410 g/mol. The Kier molecular flexibility index (Phi) is 7.24. The average molecular weight is 411 g/mol. The third-order valence-corrected chi connectivity index (χ3v) is 5.76. The molecule has 2 aromatic rings.